The van der Waals surface area contributed by atoms with Gasteiger partial charge in [-0.25, -0.2) is 0 Å². The van der Waals surface area contributed by atoms with Gasteiger partial charge in [-0.1, -0.05) is 13.3 Å². The van der Waals surface area contributed by atoms with Crippen molar-refractivity contribution < 1.29 is 5.11 Å². The average Bonchev–Trinajstić information content (AvgIpc) is 3.11. The third kappa shape index (κ3) is 1.03. The predicted molar refractivity (Wildman–Crippen MR) is 70.7 cm³/mol. The molecule has 0 heterocycles. The van der Waals surface area contributed by atoms with E-state index >= 15 is 0 Å². The number of hydrogen-bond donors (Lipinski definition) is 1. The van der Waals surface area contributed by atoms with E-state index in [2.05, 4.69) is 6.92 Å². The topological polar surface area (TPSA) is 20.2 Å². The van der Waals surface area contributed by atoms with Gasteiger partial charge in [0.1, 0.15) is 0 Å². The summed E-state index contributed by atoms with van der Waals surface area (Å²) in [4.78, 5) is 0. The lowest BCUT2D eigenvalue weighted by atomic mass is 9.61. The van der Waals surface area contributed by atoms with Crippen LogP contribution in [0.5, 0.6) is 0 Å². The van der Waals surface area contributed by atoms with Crippen LogP contribution >= 0.6 is 0 Å². The van der Waals surface area contributed by atoms with Crippen molar-refractivity contribution in [3.8, 4) is 0 Å². The average molecular weight is 246 g/mol. The molecule has 0 aromatic heterocycles. The van der Waals surface area contributed by atoms with E-state index < -0.39 is 0 Å². The van der Waals surface area contributed by atoms with Crippen LogP contribution in [0.4, 0.5) is 0 Å². The Balaban J connectivity index is 1.52. The van der Waals surface area contributed by atoms with Crippen LogP contribution in [0.2, 0.25) is 0 Å². The first-order valence-electron chi connectivity index (χ1n) is 8.40. The first kappa shape index (κ1) is 10.7. The summed E-state index contributed by atoms with van der Waals surface area (Å²) < 4.78 is 0. The van der Waals surface area contributed by atoms with Gasteiger partial charge in [0.25, 0.3) is 0 Å². The van der Waals surface area contributed by atoms with E-state index in [-0.39, 0.29) is 0 Å². The van der Waals surface area contributed by atoms with E-state index in [0.29, 0.717) is 12.5 Å². The number of fused-ring (bicyclic) bond motifs is 12. The van der Waals surface area contributed by atoms with Crippen LogP contribution in [-0.2, 0) is 0 Å². The van der Waals surface area contributed by atoms with Gasteiger partial charge >= 0.3 is 0 Å². The van der Waals surface area contributed by atoms with Crippen molar-refractivity contribution in [3.63, 3.8) is 0 Å². The van der Waals surface area contributed by atoms with E-state index in [1.807, 2.05) is 0 Å². The molecule has 18 heavy (non-hydrogen) atoms. The summed E-state index contributed by atoms with van der Waals surface area (Å²) in [5, 5.41) is 9.62. The fourth-order valence-corrected chi connectivity index (χ4v) is 8.04. The smallest absolute Gasteiger partial charge is 0.0462 e. The van der Waals surface area contributed by atoms with Gasteiger partial charge in [-0.2, -0.15) is 0 Å². The molecule has 100 valence electrons. The summed E-state index contributed by atoms with van der Waals surface area (Å²) in [6, 6.07) is 0. The van der Waals surface area contributed by atoms with Crippen molar-refractivity contribution in [3.05, 3.63) is 0 Å². The zero-order valence-electron chi connectivity index (χ0n) is 11.5. The van der Waals surface area contributed by atoms with Crippen LogP contribution < -0.4 is 0 Å². The quantitative estimate of drug-likeness (QED) is 0.705. The molecule has 0 spiro atoms. The van der Waals surface area contributed by atoms with Gasteiger partial charge < -0.3 is 5.11 Å². The van der Waals surface area contributed by atoms with Crippen LogP contribution in [0.15, 0.2) is 0 Å². The monoisotopic (exact) mass is 246 g/mol. The minimum absolute atomic E-state index is 0.478. The van der Waals surface area contributed by atoms with E-state index in [0.717, 1.165) is 53.3 Å². The third-order valence-electron chi connectivity index (χ3n) is 8.19. The van der Waals surface area contributed by atoms with Gasteiger partial charge in [0, 0.05) is 6.61 Å². The number of hydrogen-bond acceptors (Lipinski definition) is 1. The summed E-state index contributed by atoms with van der Waals surface area (Å²) in [7, 11) is 0. The molecule has 10 unspecified atom stereocenters. The molecule has 5 saturated carbocycles. The molecule has 1 N–H and O–H groups in total. The van der Waals surface area contributed by atoms with Crippen LogP contribution in [0.3, 0.4) is 0 Å². The van der Waals surface area contributed by atoms with Crippen molar-refractivity contribution in [1.29, 1.82) is 0 Å². The maximum atomic E-state index is 9.62. The molecule has 5 aliphatic carbocycles. The van der Waals surface area contributed by atoms with Gasteiger partial charge in [0.15, 0.2) is 0 Å². The SMILES string of the molecule is CC1CCC2C3CC(C12)C1C2CC(CC2CO)C31. The Morgan fingerprint density at radius 1 is 0.833 bits per heavy atom. The van der Waals surface area contributed by atoms with Crippen LogP contribution in [-0.4, -0.2) is 11.7 Å². The first-order chi connectivity index (χ1) is 8.79. The van der Waals surface area contributed by atoms with Crippen molar-refractivity contribution in [1.82, 2.24) is 0 Å². The summed E-state index contributed by atoms with van der Waals surface area (Å²) in [5.41, 5.74) is 0. The van der Waals surface area contributed by atoms with Crippen molar-refractivity contribution in [2.45, 2.75) is 39.0 Å². The van der Waals surface area contributed by atoms with Gasteiger partial charge in [0.05, 0.1) is 0 Å². The normalized spacial score (nSPS) is 67.7. The highest BCUT2D eigenvalue weighted by Gasteiger charge is 2.68. The summed E-state index contributed by atoms with van der Waals surface area (Å²) in [5.74, 6) is 10.2. The second kappa shape index (κ2) is 3.34. The zero-order valence-corrected chi connectivity index (χ0v) is 11.5. The Labute approximate surface area is 110 Å². The second-order valence-electron chi connectivity index (χ2n) is 8.35. The van der Waals surface area contributed by atoms with E-state index in [1.54, 1.807) is 12.8 Å². The second-order valence-corrected chi connectivity index (χ2v) is 8.35. The van der Waals surface area contributed by atoms with Crippen molar-refractivity contribution in [2.75, 3.05) is 6.61 Å². The fraction of sp³-hybridized carbons (Fsp3) is 1.00. The van der Waals surface area contributed by atoms with Crippen LogP contribution in [0.25, 0.3) is 0 Å². The highest BCUT2D eigenvalue weighted by atomic mass is 16.3. The maximum Gasteiger partial charge on any atom is 0.0462 e. The highest BCUT2D eigenvalue weighted by Crippen LogP contribution is 2.74. The molecule has 0 saturated heterocycles. The molecule has 10 atom stereocenters. The Hall–Kier alpha value is -0.0400. The lowest BCUT2D eigenvalue weighted by Crippen LogP contribution is -2.40. The van der Waals surface area contributed by atoms with Crippen molar-refractivity contribution >= 4 is 0 Å². The molecule has 0 amide bonds. The largest absolute Gasteiger partial charge is 0.396 e. The zero-order chi connectivity index (χ0) is 12.0. The minimum atomic E-state index is 0.478. The van der Waals surface area contributed by atoms with E-state index in [9.17, 15) is 5.11 Å². The lowest BCUT2D eigenvalue weighted by molar-refractivity contribution is 0.0206. The van der Waals surface area contributed by atoms with E-state index in [4.69, 9.17) is 0 Å². The number of aliphatic hydroxyl groups excluding tert-OH is 1. The molecular formula is C17H26O. The summed E-state index contributed by atoms with van der Waals surface area (Å²) in [6.45, 7) is 3.00. The maximum absolute atomic E-state index is 9.62. The summed E-state index contributed by atoms with van der Waals surface area (Å²) >= 11 is 0. The Morgan fingerprint density at radius 2 is 1.72 bits per heavy atom. The molecule has 0 aliphatic heterocycles. The molecule has 0 aromatic carbocycles. The molecule has 1 heteroatoms. The number of aliphatic hydroxyl groups is 1. The fourth-order valence-electron chi connectivity index (χ4n) is 8.04. The predicted octanol–water partition coefficient (Wildman–Crippen LogP) is 3.18. The minimum Gasteiger partial charge on any atom is -0.396 e. The third-order valence-corrected chi connectivity index (χ3v) is 8.19. The molecule has 1 nitrogen and oxygen atoms in total. The van der Waals surface area contributed by atoms with Crippen LogP contribution in [0, 0.1) is 59.2 Å². The van der Waals surface area contributed by atoms with Crippen LogP contribution in [0.1, 0.15) is 39.0 Å². The number of rotatable bonds is 1. The van der Waals surface area contributed by atoms with Crippen molar-refractivity contribution in [2.24, 2.45) is 59.2 Å². The lowest BCUT2D eigenvalue weighted by Gasteiger charge is -2.44. The molecule has 5 rings (SSSR count). The molecule has 4 bridgehead atoms. The standard InChI is InChI=1S/C17H26O/c1-8-2-3-11-13-6-14(15(8)11)17-12-5-9(16(13)17)4-10(12)7-18/h8-18H,2-7H2,1H3. The van der Waals surface area contributed by atoms with Gasteiger partial charge in [-0.3, -0.25) is 0 Å². The Morgan fingerprint density at radius 3 is 2.56 bits per heavy atom. The highest BCUT2D eigenvalue weighted by molar-refractivity contribution is 5.16. The summed E-state index contributed by atoms with van der Waals surface area (Å²) in [6.07, 6.45) is 7.51. The Bertz CT molecular complexity index is 378. The first-order valence-corrected chi connectivity index (χ1v) is 8.40. The molecule has 5 fully saturated rings. The molecule has 0 aromatic rings. The van der Waals surface area contributed by atoms with E-state index in [1.165, 1.54) is 19.3 Å². The molecular weight excluding hydrogens is 220 g/mol. The molecule has 0 radical (unpaired) electrons. The van der Waals surface area contributed by atoms with Gasteiger partial charge in [-0.15, -0.1) is 0 Å². The Kier molecular flexibility index (Phi) is 1.99. The van der Waals surface area contributed by atoms with Gasteiger partial charge in [0.2, 0.25) is 0 Å². The molecule has 5 aliphatic rings. The van der Waals surface area contributed by atoms with Gasteiger partial charge in [-0.05, 0) is 84.9 Å².